The number of hydrogen-bond acceptors (Lipinski definition) is 6. The number of methoxy groups -OCH3 is 1. The van der Waals surface area contributed by atoms with Gasteiger partial charge in [0.2, 0.25) is 0 Å². The number of nitrogens with one attached hydrogen (secondary N) is 1. The largest absolute Gasteiger partial charge is 0.496 e. The average molecular weight is 307 g/mol. The van der Waals surface area contributed by atoms with E-state index in [-0.39, 0.29) is 25.2 Å². The summed E-state index contributed by atoms with van der Waals surface area (Å²) in [6, 6.07) is 7.52. The van der Waals surface area contributed by atoms with Crippen LogP contribution in [-0.2, 0) is 11.3 Å². The van der Waals surface area contributed by atoms with E-state index in [1.165, 1.54) is 0 Å². The first-order chi connectivity index (χ1) is 10.7. The highest BCUT2D eigenvalue weighted by Gasteiger charge is 2.09. The maximum atomic E-state index is 13.6. The van der Waals surface area contributed by atoms with Gasteiger partial charge in [0.1, 0.15) is 19.1 Å². The van der Waals surface area contributed by atoms with Gasteiger partial charge in [0.15, 0.2) is 11.6 Å². The third-order valence-electron chi connectivity index (χ3n) is 2.82. The number of para-hydroxylation sites is 1. The normalized spacial score (nSPS) is 10.3. The monoisotopic (exact) mass is 307 g/mol. The van der Waals surface area contributed by atoms with Crippen molar-refractivity contribution in [3.8, 4) is 11.8 Å². The molecule has 0 atom stereocenters. The summed E-state index contributed by atoms with van der Waals surface area (Å²) in [5.74, 6) is 0.183. The maximum absolute atomic E-state index is 13.6. The Labute approximate surface area is 128 Å². The fourth-order valence-electron chi connectivity index (χ4n) is 1.73. The third-order valence-corrected chi connectivity index (χ3v) is 2.82. The first kappa shape index (κ1) is 16.0. The molecule has 1 N–H and O–H groups in total. The zero-order valence-electron chi connectivity index (χ0n) is 12.5. The molecule has 0 aliphatic rings. The third kappa shape index (κ3) is 4.29. The molecule has 2 rings (SSSR count). The molecule has 0 aliphatic heterocycles. The zero-order valence-corrected chi connectivity index (χ0v) is 12.5. The lowest BCUT2D eigenvalue weighted by molar-refractivity contribution is 0.166. The van der Waals surface area contributed by atoms with Crippen LogP contribution in [0.4, 0.5) is 10.2 Å². The fourth-order valence-corrected chi connectivity index (χ4v) is 1.73. The lowest BCUT2D eigenvalue weighted by Crippen LogP contribution is -2.10. The average Bonchev–Trinajstić information content (AvgIpc) is 2.55. The number of rotatable bonds is 8. The Morgan fingerprint density at radius 3 is 2.86 bits per heavy atom. The predicted octanol–water partition coefficient (Wildman–Crippen LogP) is 2.61. The highest BCUT2D eigenvalue weighted by molar-refractivity contribution is 5.36. The van der Waals surface area contributed by atoms with E-state index >= 15 is 0 Å². The fraction of sp³-hybridized carbons (Fsp3) is 0.333. The first-order valence-corrected chi connectivity index (χ1v) is 6.83. The van der Waals surface area contributed by atoms with Gasteiger partial charge in [-0.15, -0.1) is 0 Å². The highest BCUT2D eigenvalue weighted by Crippen LogP contribution is 2.19. The molecule has 6 nitrogen and oxygen atoms in total. The van der Waals surface area contributed by atoms with Gasteiger partial charge in [-0.2, -0.15) is 4.98 Å². The van der Waals surface area contributed by atoms with Crippen LogP contribution < -0.4 is 14.8 Å². The standard InChI is InChI=1S/C15H18FN3O3/c1-3-21-10-18-14-12(16)8-17-15(19-14)22-9-11-6-4-5-7-13(11)20-2/h4-8H,3,9-10H2,1-2H3,(H,17,18,19). The molecule has 1 heterocycles. The van der Waals surface area contributed by atoms with Crippen LogP contribution in [0.3, 0.4) is 0 Å². The Morgan fingerprint density at radius 1 is 1.27 bits per heavy atom. The number of hydrogen-bond donors (Lipinski definition) is 1. The van der Waals surface area contributed by atoms with Gasteiger partial charge in [0.25, 0.3) is 0 Å². The summed E-state index contributed by atoms with van der Waals surface area (Å²) in [6.45, 7) is 2.76. The molecule has 0 radical (unpaired) electrons. The van der Waals surface area contributed by atoms with Gasteiger partial charge in [-0.05, 0) is 13.0 Å². The predicted molar refractivity (Wildman–Crippen MR) is 79.4 cm³/mol. The van der Waals surface area contributed by atoms with Crippen molar-refractivity contribution in [1.82, 2.24) is 9.97 Å². The zero-order chi connectivity index (χ0) is 15.8. The topological polar surface area (TPSA) is 65.5 Å². The van der Waals surface area contributed by atoms with E-state index in [2.05, 4.69) is 15.3 Å². The summed E-state index contributed by atoms with van der Waals surface area (Å²) < 4.78 is 29.4. The molecule has 0 saturated heterocycles. The Bertz CT molecular complexity index is 610. The van der Waals surface area contributed by atoms with Crippen LogP contribution in [0.2, 0.25) is 0 Å². The summed E-state index contributed by atoms with van der Waals surface area (Å²) in [5, 5.41) is 2.72. The summed E-state index contributed by atoms with van der Waals surface area (Å²) in [7, 11) is 1.59. The Morgan fingerprint density at radius 2 is 2.09 bits per heavy atom. The van der Waals surface area contributed by atoms with Crippen molar-refractivity contribution in [2.24, 2.45) is 0 Å². The molecule has 0 bridgehead atoms. The second kappa shape index (κ2) is 8.14. The molecule has 0 aliphatic carbocycles. The van der Waals surface area contributed by atoms with Gasteiger partial charge in [0, 0.05) is 12.2 Å². The molecule has 0 unspecified atom stereocenters. The smallest absolute Gasteiger partial charge is 0.318 e. The molecule has 22 heavy (non-hydrogen) atoms. The van der Waals surface area contributed by atoms with Gasteiger partial charge in [-0.25, -0.2) is 9.37 Å². The summed E-state index contributed by atoms with van der Waals surface area (Å²) in [4.78, 5) is 7.78. The molecule has 0 spiro atoms. The van der Waals surface area contributed by atoms with Crippen LogP contribution in [0.25, 0.3) is 0 Å². The van der Waals surface area contributed by atoms with Crippen molar-refractivity contribution < 1.29 is 18.6 Å². The van der Waals surface area contributed by atoms with E-state index in [9.17, 15) is 4.39 Å². The maximum Gasteiger partial charge on any atom is 0.318 e. The number of halogens is 1. The second-order valence-electron chi connectivity index (χ2n) is 4.26. The first-order valence-electron chi connectivity index (χ1n) is 6.83. The number of ether oxygens (including phenoxy) is 3. The molecule has 118 valence electrons. The lowest BCUT2D eigenvalue weighted by atomic mass is 10.2. The van der Waals surface area contributed by atoms with Crippen molar-refractivity contribution in [3.63, 3.8) is 0 Å². The molecule has 1 aromatic carbocycles. The molecule has 0 fully saturated rings. The quantitative estimate of drug-likeness (QED) is 0.597. The molecule has 0 saturated carbocycles. The second-order valence-corrected chi connectivity index (χ2v) is 4.26. The van der Waals surface area contributed by atoms with Crippen molar-refractivity contribution in [1.29, 1.82) is 0 Å². The van der Waals surface area contributed by atoms with Gasteiger partial charge in [-0.3, -0.25) is 0 Å². The number of anilines is 1. The van der Waals surface area contributed by atoms with E-state index in [0.717, 1.165) is 11.8 Å². The Kier molecular flexibility index (Phi) is 5.91. The molecular formula is C15H18FN3O3. The lowest BCUT2D eigenvalue weighted by Gasteiger charge is -2.10. The summed E-state index contributed by atoms with van der Waals surface area (Å²) in [6.07, 6.45) is 1.05. The Hall–Kier alpha value is -2.41. The van der Waals surface area contributed by atoms with Gasteiger partial charge in [0.05, 0.1) is 13.3 Å². The SMILES string of the molecule is CCOCNc1nc(OCc2ccccc2OC)ncc1F. The van der Waals surface area contributed by atoms with Crippen LogP contribution in [0.1, 0.15) is 12.5 Å². The van der Waals surface area contributed by atoms with Gasteiger partial charge >= 0.3 is 6.01 Å². The minimum atomic E-state index is -0.565. The molecular weight excluding hydrogens is 289 g/mol. The minimum Gasteiger partial charge on any atom is -0.496 e. The van der Waals surface area contributed by atoms with E-state index in [1.807, 2.05) is 31.2 Å². The van der Waals surface area contributed by atoms with Crippen LogP contribution in [-0.4, -0.2) is 30.4 Å². The number of nitrogens with zero attached hydrogens (tertiary/aromatic N) is 2. The highest BCUT2D eigenvalue weighted by atomic mass is 19.1. The van der Waals surface area contributed by atoms with E-state index in [4.69, 9.17) is 14.2 Å². The van der Waals surface area contributed by atoms with Crippen molar-refractivity contribution in [3.05, 3.63) is 41.8 Å². The summed E-state index contributed by atoms with van der Waals surface area (Å²) >= 11 is 0. The van der Waals surface area contributed by atoms with Crippen molar-refractivity contribution in [2.45, 2.75) is 13.5 Å². The molecule has 0 amide bonds. The van der Waals surface area contributed by atoms with Gasteiger partial charge < -0.3 is 19.5 Å². The molecule has 2 aromatic rings. The van der Waals surface area contributed by atoms with E-state index in [0.29, 0.717) is 12.4 Å². The van der Waals surface area contributed by atoms with Crippen LogP contribution in [0.15, 0.2) is 30.5 Å². The van der Waals surface area contributed by atoms with E-state index in [1.54, 1.807) is 7.11 Å². The number of benzene rings is 1. The van der Waals surface area contributed by atoms with Crippen LogP contribution in [0, 0.1) is 5.82 Å². The number of aromatic nitrogens is 2. The van der Waals surface area contributed by atoms with E-state index < -0.39 is 5.82 Å². The molecule has 7 heteroatoms. The van der Waals surface area contributed by atoms with Gasteiger partial charge in [-0.1, -0.05) is 18.2 Å². The van der Waals surface area contributed by atoms with Crippen molar-refractivity contribution in [2.75, 3.05) is 25.8 Å². The summed E-state index contributed by atoms with van der Waals surface area (Å²) in [5.41, 5.74) is 0.849. The Balaban J connectivity index is 2.02. The minimum absolute atomic E-state index is 0.0403. The molecule has 1 aromatic heterocycles. The van der Waals surface area contributed by atoms with Crippen molar-refractivity contribution >= 4 is 5.82 Å². The van der Waals surface area contributed by atoms with Crippen LogP contribution >= 0.6 is 0 Å². The van der Waals surface area contributed by atoms with Crippen LogP contribution in [0.5, 0.6) is 11.8 Å².